The molecule has 116 valence electrons. The first-order valence-electron chi connectivity index (χ1n) is 7.35. The Bertz CT molecular complexity index is 349. The van der Waals surface area contributed by atoms with Crippen molar-refractivity contribution in [1.82, 2.24) is 15.1 Å². The Hall–Kier alpha value is -1.30. The van der Waals surface area contributed by atoms with Crippen LogP contribution in [0.25, 0.3) is 0 Å². The average Bonchev–Trinajstić information content (AvgIpc) is 2.46. The third-order valence-electron chi connectivity index (χ3n) is 4.22. The summed E-state index contributed by atoms with van der Waals surface area (Å²) in [6, 6.07) is -0.0557. The van der Waals surface area contributed by atoms with Crippen LogP contribution in [0.1, 0.15) is 32.6 Å². The van der Waals surface area contributed by atoms with Gasteiger partial charge in [0.2, 0.25) is 0 Å². The molecule has 2 amide bonds. The van der Waals surface area contributed by atoms with Gasteiger partial charge in [0.05, 0.1) is 5.41 Å². The molecule has 1 unspecified atom stereocenters. The van der Waals surface area contributed by atoms with Crippen LogP contribution in [0.4, 0.5) is 4.79 Å². The van der Waals surface area contributed by atoms with Crippen molar-refractivity contribution in [3.05, 3.63) is 0 Å². The first-order chi connectivity index (χ1) is 9.46. The minimum absolute atomic E-state index is 0.0557. The zero-order valence-corrected chi connectivity index (χ0v) is 12.8. The molecule has 1 heterocycles. The largest absolute Gasteiger partial charge is 0.481 e. The highest BCUT2D eigenvalue weighted by atomic mass is 16.4. The maximum absolute atomic E-state index is 12.4. The normalized spacial score (nSPS) is 22.6. The van der Waals surface area contributed by atoms with E-state index in [0.29, 0.717) is 32.5 Å². The zero-order chi connectivity index (χ0) is 15.2. The monoisotopic (exact) mass is 285 g/mol. The second kappa shape index (κ2) is 7.47. The molecule has 1 aliphatic rings. The van der Waals surface area contributed by atoms with Crippen molar-refractivity contribution < 1.29 is 14.7 Å². The van der Waals surface area contributed by atoms with Crippen molar-refractivity contribution in [3.8, 4) is 0 Å². The number of nitrogens with zero attached hydrogens (tertiary/aromatic N) is 2. The summed E-state index contributed by atoms with van der Waals surface area (Å²) in [7, 11) is 3.66. The summed E-state index contributed by atoms with van der Waals surface area (Å²) in [5, 5.41) is 12.5. The number of urea groups is 1. The first kappa shape index (κ1) is 16.8. The summed E-state index contributed by atoms with van der Waals surface area (Å²) >= 11 is 0. The van der Waals surface area contributed by atoms with E-state index in [1.54, 1.807) is 16.8 Å². The van der Waals surface area contributed by atoms with Crippen molar-refractivity contribution in [3.63, 3.8) is 0 Å². The van der Waals surface area contributed by atoms with Gasteiger partial charge in [-0.2, -0.15) is 0 Å². The molecule has 2 N–H and O–H groups in total. The summed E-state index contributed by atoms with van der Waals surface area (Å²) in [5.41, 5.74) is -0.764. The summed E-state index contributed by atoms with van der Waals surface area (Å²) in [6.45, 7) is 4.42. The molecule has 0 aromatic rings. The van der Waals surface area contributed by atoms with Crippen LogP contribution in [0.2, 0.25) is 0 Å². The number of amides is 2. The van der Waals surface area contributed by atoms with E-state index >= 15 is 0 Å². The minimum Gasteiger partial charge on any atom is -0.481 e. The van der Waals surface area contributed by atoms with Crippen molar-refractivity contribution in [2.45, 2.75) is 32.6 Å². The molecule has 6 heteroatoms. The predicted molar refractivity (Wildman–Crippen MR) is 77.7 cm³/mol. The molecule has 1 saturated heterocycles. The molecular weight excluding hydrogens is 258 g/mol. The minimum atomic E-state index is -0.782. The summed E-state index contributed by atoms with van der Waals surface area (Å²) < 4.78 is 0. The molecule has 20 heavy (non-hydrogen) atoms. The Labute approximate surface area is 121 Å². The van der Waals surface area contributed by atoms with Gasteiger partial charge in [0.15, 0.2) is 0 Å². The van der Waals surface area contributed by atoms with Gasteiger partial charge < -0.3 is 20.2 Å². The lowest BCUT2D eigenvalue weighted by atomic mass is 9.78. The molecule has 1 aliphatic heterocycles. The molecule has 6 nitrogen and oxygen atoms in total. The third-order valence-corrected chi connectivity index (χ3v) is 4.22. The number of carboxylic acids is 1. The highest BCUT2D eigenvalue weighted by molar-refractivity contribution is 5.78. The number of hydrogen-bond donors (Lipinski definition) is 2. The second-order valence-corrected chi connectivity index (χ2v) is 5.63. The van der Waals surface area contributed by atoms with E-state index in [2.05, 4.69) is 5.32 Å². The van der Waals surface area contributed by atoms with Crippen LogP contribution in [0, 0.1) is 5.41 Å². The molecule has 0 spiro atoms. The van der Waals surface area contributed by atoms with Gasteiger partial charge >= 0.3 is 12.0 Å². The molecule has 0 radical (unpaired) electrons. The van der Waals surface area contributed by atoms with Gasteiger partial charge in [-0.3, -0.25) is 4.79 Å². The summed E-state index contributed by atoms with van der Waals surface area (Å²) in [4.78, 5) is 27.2. The van der Waals surface area contributed by atoms with Gasteiger partial charge in [0.1, 0.15) is 0 Å². The van der Waals surface area contributed by atoms with E-state index in [1.807, 2.05) is 14.0 Å². The maximum Gasteiger partial charge on any atom is 0.319 e. The van der Waals surface area contributed by atoms with Crippen LogP contribution in [0.3, 0.4) is 0 Å². The number of piperidine rings is 1. The number of carbonyl (C=O) groups excluding carboxylic acids is 1. The standard InChI is InChI=1S/C14H27N3O3/c1-4-14(12(18)19)7-5-10-17(11-14)13(20)16(3)9-6-8-15-2/h15H,4-11H2,1-3H3,(H,18,19). The Balaban J connectivity index is 2.62. The molecule has 1 rings (SSSR count). The molecule has 0 aliphatic carbocycles. The van der Waals surface area contributed by atoms with E-state index in [4.69, 9.17) is 0 Å². The van der Waals surface area contributed by atoms with Crippen LogP contribution in [0.15, 0.2) is 0 Å². The van der Waals surface area contributed by atoms with Gasteiger partial charge in [-0.15, -0.1) is 0 Å². The van der Waals surface area contributed by atoms with Crippen LogP contribution >= 0.6 is 0 Å². The Morgan fingerprint density at radius 2 is 2.15 bits per heavy atom. The van der Waals surface area contributed by atoms with Crippen molar-refractivity contribution >= 4 is 12.0 Å². The molecule has 1 atom stereocenters. The second-order valence-electron chi connectivity index (χ2n) is 5.63. The molecule has 1 fully saturated rings. The Morgan fingerprint density at radius 1 is 1.45 bits per heavy atom. The highest BCUT2D eigenvalue weighted by Crippen LogP contribution is 2.33. The maximum atomic E-state index is 12.4. The molecular formula is C14H27N3O3. The van der Waals surface area contributed by atoms with E-state index in [9.17, 15) is 14.7 Å². The van der Waals surface area contributed by atoms with Crippen LogP contribution in [0.5, 0.6) is 0 Å². The van der Waals surface area contributed by atoms with Gasteiger partial charge in [0, 0.05) is 26.7 Å². The highest BCUT2D eigenvalue weighted by Gasteiger charge is 2.42. The number of hydrogen-bond acceptors (Lipinski definition) is 3. The molecule has 0 aromatic carbocycles. The summed E-state index contributed by atoms with van der Waals surface area (Å²) in [5.74, 6) is -0.782. The number of rotatable bonds is 6. The van der Waals surface area contributed by atoms with E-state index in [-0.39, 0.29) is 6.03 Å². The van der Waals surface area contributed by atoms with Crippen molar-refractivity contribution in [1.29, 1.82) is 0 Å². The predicted octanol–water partition coefficient (Wildman–Crippen LogP) is 1.22. The average molecular weight is 285 g/mol. The fourth-order valence-electron chi connectivity index (χ4n) is 2.74. The van der Waals surface area contributed by atoms with Crippen LogP contribution in [-0.2, 0) is 4.79 Å². The van der Waals surface area contributed by atoms with E-state index in [1.165, 1.54) is 0 Å². The number of likely N-dealkylation sites (tertiary alicyclic amines) is 1. The topological polar surface area (TPSA) is 72.9 Å². The van der Waals surface area contributed by atoms with Crippen molar-refractivity contribution in [2.24, 2.45) is 5.41 Å². The fourth-order valence-corrected chi connectivity index (χ4v) is 2.74. The molecule has 0 saturated carbocycles. The number of nitrogens with one attached hydrogen (secondary N) is 1. The van der Waals surface area contributed by atoms with Crippen LogP contribution in [-0.4, -0.2) is 67.2 Å². The smallest absolute Gasteiger partial charge is 0.319 e. The molecule has 0 bridgehead atoms. The van der Waals surface area contributed by atoms with Crippen molar-refractivity contribution in [2.75, 3.05) is 40.3 Å². The van der Waals surface area contributed by atoms with E-state index < -0.39 is 11.4 Å². The lowest BCUT2D eigenvalue weighted by Gasteiger charge is -2.40. The third kappa shape index (κ3) is 3.85. The molecule has 0 aromatic heterocycles. The van der Waals surface area contributed by atoms with Gasteiger partial charge in [-0.05, 0) is 39.3 Å². The zero-order valence-electron chi connectivity index (χ0n) is 12.8. The lowest BCUT2D eigenvalue weighted by Crippen LogP contribution is -2.52. The Kier molecular flexibility index (Phi) is 6.26. The van der Waals surface area contributed by atoms with Gasteiger partial charge in [-0.25, -0.2) is 4.79 Å². The van der Waals surface area contributed by atoms with Gasteiger partial charge in [-0.1, -0.05) is 6.92 Å². The summed E-state index contributed by atoms with van der Waals surface area (Å²) in [6.07, 6.45) is 2.88. The fraction of sp³-hybridized carbons (Fsp3) is 0.857. The SMILES string of the molecule is CCC1(C(=O)O)CCCN(C(=O)N(C)CCCNC)C1. The number of aliphatic carboxylic acids is 1. The first-order valence-corrected chi connectivity index (χ1v) is 7.35. The van der Waals surface area contributed by atoms with E-state index in [0.717, 1.165) is 19.4 Å². The van der Waals surface area contributed by atoms with Gasteiger partial charge in [0.25, 0.3) is 0 Å². The number of carboxylic acid groups (broad SMARTS) is 1. The quantitative estimate of drug-likeness (QED) is 0.720. The lowest BCUT2D eigenvalue weighted by molar-refractivity contribution is -0.152. The van der Waals surface area contributed by atoms with Crippen LogP contribution < -0.4 is 5.32 Å². The Morgan fingerprint density at radius 3 is 2.70 bits per heavy atom. The number of carbonyl (C=O) groups is 2.